The van der Waals surface area contributed by atoms with Gasteiger partial charge in [0, 0.05) is 25.3 Å². The molecule has 1 heterocycles. The molecule has 0 saturated carbocycles. The van der Waals surface area contributed by atoms with E-state index in [9.17, 15) is 14.4 Å². The van der Waals surface area contributed by atoms with Crippen LogP contribution in [0, 0.1) is 0 Å². The topological polar surface area (TPSA) is 106 Å². The zero-order valence-corrected chi connectivity index (χ0v) is 21.5. The number of ether oxygens (including phenoxy) is 3. The van der Waals surface area contributed by atoms with E-state index < -0.39 is 17.9 Å². The quantitative estimate of drug-likeness (QED) is 0.225. The summed E-state index contributed by atoms with van der Waals surface area (Å²) in [5.41, 5.74) is 0.413. The van der Waals surface area contributed by atoms with Crippen molar-refractivity contribution in [3.05, 3.63) is 29.8 Å². The van der Waals surface area contributed by atoms with Gasteiger partial charge in [0.1, 0.15) is 18.4 Å². The molecule has 1 saturated heterocycles. The number of rotatable bonds is 14. The molecule has 0 spiro atoms. The molecule has 1 unspecified atom stereocenters. The minimum atomic E-state index is -0.857. The normalized spacial score (nSPS) is 15.3. The summed E-state index contributed by atoms with van der Waals surface area (Å²) < 4.78 is 16.0. The largest absolute Gasteiger partial charge is 0.494 e. The molecule has 1 atom stereocenters. The molecule has 0 aliphatic carbocycles. The molecule has 2 amide bonds. The lowest BCUT2D eigenvalue weighted by atomic mass is 10.1. The zero-order valence-electron chi connectivity index (χ0n) is 20.7. The van der Waals surface area contributed by atoms with Crippen molar-refractivity contribution >= 4 is 35.1 Å². The second-order valence-electron chi connectivity index (χ2n) is 8.17. The van der Waals surface area contributed by atoms with Gasteiger partial charge in [-0.2, -0.15) is 0 Å². The number of carbonyl (C=O) groups excluding carboxylic acids is 3. The Kier molecular flexibility index (Phi) is 13.1. The molecule has 1 fully saturated rings. The zero-order chi connectivity index (χ0) is 25.5. The second kappa shape index (κ2) is 16.0. The molecule has 1 aromatic carbocycles. The van der Waals surface area contributed by atoms with Crippen LogP contribution in [0.5, 0.6) is 5.75 Å². The van der Waals surface area contributed by atoms with Crippen LogP contribution in [0.2, 0.25) is 0 Å². The van der Waals surface area contributed by atoms with Gasteiger partial charge in [-0.25, -0.2) is 0 Å². The average Bonchev–Trinajstić information content (AvgIpc) is 2.85. The van der Waals surface area contributed by atoms with Crippen molar-refractivity contribution in [2.75, 3.05) is 39.5 Å². The molecule has 0 aromatic heterocycles. The third-order valence-corrected chi connectivity index (χ3v) is 5.84. The highest BCUT2D eigenvalue weighted by atomic mass is 32.1. The number of carbonyl (C=O) groups is 3. The first-order chi connectivity index (χ1) is 17.0. The number of nitrogens with zero attached hydrogens (tertiary/aromatic N) is 1. The van der Waals surface area contributed by atoms with E-state index >= 15 is 0 Å². The van der Waals surface area contributed by atoms with Gasteiger partial charge in [-0.1, -0.05) is 32.6 Å². The average molecular weight is 508 g/mol. The van der Waals surface area contributed by atoms with Crippen molar-refractivity contribution in [2.24, 2.45) is 0 Å². The molecular weight excluding hydrogens is 470 g/mol. The highest BCUT2D eigenvalue weighted by molar-refractivity contribution is 7.80. The van der Waals surface area contributed by atoms with E-state index in [-0.39, 0.29) is 24.0 Å². The number of piperazine rings is 1. The van der Waals surface area contributed by atoms with Crippen LogP contribution in [0.25, 0.3) is 0 Å². The molecule has 194 valence electrons. The minimum absolute atomic E-state index is 0.0874. The van der Waals surface area contributed by atoms with Crippen LogP contribution < -0.4 is 15.4 Å². The van der Waals surface area contributed by atoms with Crippen molar-refractivity contribution in [1.29, 1.82) is 0 Å². The van der Waals surface area contributed by atoms with Gasteiger partial charge in [-0.15, -0.1) is 0 Å². The predicted octanol–water partition coefficient (Wildman–Crippen LogP) is 2.82. The Morgan fingerprint density at radius 2 is 1.83 bits per heavy atom. The van der Waals surface area contributed by atoms with E-state index in [1.54, 1.807) is 29.2 Å². The maximum Gasteiger partial charge on any atom is 0.308 e. The van der Waals surface area contributed by atoms with Crippen LogP contribution in [0.1, 0.15) is 62.7 Å². The van der Waals surface area contributed by atoms with Gasteiger partial charge in [-0.05, 0) is 49.8 Å². The maximum atomic E-state index is 12.7. The van der Waals surface area contributed by atoms with Crippen LogP contribution in [-0.4, -0.2) is 73.4 Å². The van der Waals surface area contributed by atoms with E-state index in [2.05, 4.69) is 17.6 Å². The van der Waals surface area contributed by atoms with Gasteiger partial charge >= 0.3 is 5.97 Å². The molecule has 1 aliphatic heterocycles. The fourth-order valence-electron chi connectivity index (χ4n) is 3.58. The number of nitrogens with one attached hydrogen (secondary N) is 2. The first-order valence-corrected chi connectivity index (χ1v) is 12.7. The summed E-state index contributed by atoms with van der Waals surface area (Å²) in [4.78, 5) is 38.8. The molecule has 1 aromatic rings. The number of unbranched alkanes of at least 4 members (excludes halogenated alkanes) is 4. The predicted molar refractivity (Wildman–Crippen MR) is 136 cm³/mol. The number of amides is 2. The lowest BCUT2D eigenvalue weighted by Crippen LogP contribution is -2.60. The van der Waals surface area contributed by atoms with Crippen molar-refractivity contribution in [2.45, 2.75) is 58.4 Å². The fourth-order valence-corrected chi connectivity index (χ4v) is 3.89. The Bertz CT molecular complexity index is 833. The standard InChI is InChI=1S/C25H37N3O6S/c1-3-5-6-7-8-15-33-20-11-9-19(10-12-20)23(30)27-25(35)28-14-13-26-24(31)21(28)18-22(29)34-17-16-32-4-2/h9-12,21H,3-8,13-18H2,1-2H3,(H,26,31)(H,27,30,35). The van der Waals surface area contributed by atoms with Crippen molar-refractivity contribution in [3.63, 3.8) is 0 Å². The van der Waals surface area contributed by atoms with E-state index in [0.717, 1.165) is 12.8 Å². The third kappa shape index (κ3) is 10.2. The van der Waals surface area contributed by atoms with Crippen LogP contribution in [-0.2, 0) is 19.1 Å². The van der Waals surface area contributed by atoms with Crippen LogP contribution in [0.3, 0.4) is 0 Å². The lowest BCUT2D eigenvalue weighted by Gasteiger charge is -2.36. The van der Waals surface area contributed by atoms with Gasteiger partial charge in [0.25, 0.3) is 5.91 Å². The summed E-state index contributed by atoms with van der Waals surface area (Å²) in [6.07, 6.45) is 5.63. The Balaban J connectivity index is 1.85. The molecule has 10 heteroatoms. The molecule has 2 N–H and O–H groups in total. The van der Waals surface area contributed by atoms with Gasteiger partial charge in [0.05, 0.1) is 19.6 Å². The maximum absolute atomic E-state index is 12.7. The first kappa shape index (κ1) is 28.5. The van der Waals surface area contributed by atoms with Crippen molar-refractivity contribution in [3.8, 4) is 5.75 Å². The number of benzene rings is 1. The third-order valence-electron chi connectivity index (χ3n) is 5.50. The summed E-state index contributed by atoms with van der Waals surface area (Å²) in [5, 5.41) is 5.48. The lowest BCUT2D eigenvalue weighted by molar-refractivity contribution is -0.148. The van der Waals surface area contributed by atoms with E-state index in [1.165, 1.54) is 19.3 Å². The molecule has 0 bridgehead atoms. The van der Waals surface area contributed by atoms with Crippen molar-refractivity contribution < 1.29 is 28.6 Å². The minimum Gasteiger partial charge on any atom is -0.494 e. The molecule has 2 rings (SSSR count). The van der Waals surface area contributed by atoms with Gasteiger partial charge in [-0.3, -0.25) is 19.7 Å². The van der Waals surface area contributed by atoms with Gasteiger partial charge in [0.15, 0.2) is 5.11 Å². The van der Waals surface area contributed by atoms with Crippen LogP contribution in [0.4, 0.5) is 0 Å². The summed E-state index contributed by atoms with van der Waals surface area (Å²) in [6, 6.07) is 5.98. The van der Waals surface area contributed by atoms with Crippen LogP contribution in [0.15, 0.2) is 24.3 Å². The molecule has 1 aliphatic rings. The Morgan fingerprint density at radius 3 is 2.54 bits per heavy atom. The van der Waals surface area contributed by atoms with E-state index in [0.29, 0.717) is 44.2 Å². The Labute approximate surface area is 212 Å². The highest BCUT2D eigenvalue weighted by Crippen LogP contribution is 2.15. The molecular formula is C25H37N3O6S. The van der Waals surface area contributed by atoms with Crippen molar-refractivity contribution in [1.82, 2.24) is 15.5 Å². The number of thiocarbonyl (C=S) groups is 1. The number of hydrogen-bond acceptors (Lipinski definition) is 7. The Hall–Kier alpha value is -2.72. The second-order valence-corrected chi connectivity index (χ2v) is 8.55. The van der Waals surface area contributed by atoms with Gasteiger partial charge in [0.2, 0.25) is 5.91 Å². The van der Waals surface area contributed by atoms with Crippen LogP contribution >= 0.6 is 12.2 Å². The Morgan fingerprint density at radius 1 is 1.09 bits per heavy atom. The van der Waals surface area contributed by atoms with E-state index in [1.807, 2.05) is 6.92 Å². The molecule has 0 radical (unpaired) electrons. The summed E-state index contributed by atoms with van der Waals surface area (Å²) in [7, 11) is 0. The van der Waals surface area contributed by atoms with E-state index in [4.69, 9.17) is 26.4 Å². The molecule has 9 nitrogen and oxygen atoms in total. The molecule has 35 heavy (non-hydrogen) atoms. The number of hydrogen-bond donors (Lipinski definition) is 2. The summed E-state index contributed by atoms with van der Waals surface area (Å²) >= 11 is 5.40. The smallest absolute Gasteiger partial charge is 0.308 e. The first-order valence-electron chi connectivity index (χ1n) is 12.3. The van der Waals surface area contributed by atoms with Gasteiger partial charge < -0.3 is 24.4 Å². The SMILES string of the molecule is CCCCCCCOc1ccc(C(=O)NC(=S)N2CCNC(=O)C2CC(=O)OCCOCC)cc1. The monoisotopic (exact) mass is 507 g/mol. The summed E-state index contributed by atoms with van der Waals surface area (Å²) in [5.74, 6) is -0.571. The highest BCUT2D eigenvalue weighted by Gasteiger charge is 2.34. The fraction of sp³-hybridized carbons (Fsp3) is 0.600. The summed E-state index contributed by atoms with van der Waals surface area (Å²) in [6.45, 7) is 6.33. The number of esters is 1.